The first kappa shape index (κ1) is 20.9. The SMILES string of the molecule is CC1(C)OC2CC3C(=O)N(CCCN4CCN(c5ccccc5)CC4)C(=O)C3CC2O1. The quantitative estimate of drug-likeness (QED) is 0.671. The summed E-state index contributed by atoms with van der Waals surface area (Å²) in [6.45, 7) is 9.27. The number of anilines is 1. The molecule has 1 aromatic rings. The zero-order valence-corrected chi connectivity index (χ0v) is 18.5. The van der Waals surface area contributed by atoms with E-state index in [-0.39, 0.29) is 35.9 Å². The fraction of sp³-hybridized carbons (Fsp3) is 0.667. The summed E-state index contributed by atoms with van der Waals surface area (Å²) in [5.41, 5.74) is 1.28. The first-order valence-electron chi connectivity index (χ1n) is 11.6. The molecule has 3 heterocycles. The Morgan fingerprint density at radius 1 is 0.871 bits per heavy atom. The van der Waals surface area contributed by atoms with Gasteiger partial charge in [0, 0.05) is 38.4 Å². The molecule has 4 aliphatic rings. The zero-order valence-electron chi connectivity index (χ0n) is 18.5. The lowest BCUT2D eigenvalue weighted by Gasteiger charge is -2.36. The molecule has 4 fully saturated rings. The Balaban J connectivity index is 1.10. The highest BCUT2D eigenvalue weighted by Crippen LogP contribution is 2.45. The third-order valence-electron chi connectivity index (χ3n) is 7.26. The maximum atomic E-state index is 13.0. The molecular weight excluding hydrogens is 394 g/mol. The number of ether oxygens (including phenoxy) is 2. The van der Waals surface area contributed by atoms with Crippen molar-refractivity contribution >= 4 is 17.5 Å². The van der Waals surface area contributed by atoms with Gasteiger partial charge in [0.1, 0.15) is 0 Å². The number of benzene rings is 1. The van der Waals surface area contributed by atoms with Crippen LogP contribution in [0.1, 0.15) is 33.1 Å². The highest BCUT2D eigenvalue weighted by atomic mass is 16.7. The van der Waals surface area contributed by atoms with Crippen molar-refractivity contribution < 1.29 is 19.1 Å². The summed E-state index contributed by atoms with van der Waals surface area (Å²) in [6.07, 6.45) is 1.88. The van der Waals surface area contributed by atoms with Crippen LogP contribution < -0.4 is 4.90 Å². The molecule has 7 nitrogen and oxygen atoms in total. The average molecular weight is 428 g/mol. The fourth-order valence-corrected chi connectivity index (χ4v) is 5.73. The number of carbonyl (C=O) groups is 2. The highest BCUT2D eigenvalue weighted by molar-refractivity contribution is 6.05. The van der Waals surface area contributed by atoms with Crippen LogP contribution in [-0.2, 0) is 19.1 Å². The van der Waals surface area contributed by atoms with Crippen molar-refractivity contribution in [3.8, 4) is 0 Å². The number of nitrogens with zero attached hydrogens (tertiary/aromatic N) is 3. The minimum atomic E-state index is -0.621. The lowest BCUT2D eigenvalue weighted by Crippen LogP contribution is -2.47. The van der Waals surface area contributed by atoms with Crippen LogP contribution in [0.15, 0.2) is 30.3 Å². The first-order valence-corrected chi connectivity index (χ1v) is 11.6. The topological polar surface area (TPSA) is 62.3 Å². The molecule has 3 saturated heterocycles. The summed E-state index contributed by atoms with van der Waals surface area (Å²) in [7, 11) is 0. The van der Waals surface area contributed by atoms with E-state index < -0.39 is 5.79 Å². The third-order valence-corrected chi connectivity index (χ3v) is 7.26. The van der Waals surface area contributed by atoms with Crippen molar-refractivity contribution in [2.24, 2.45) is 11.8 Å². The predicted molar refractivity (Wildman–Crippen MR) is 116 cm³/mol. The van der Waals surface area contributed by atoms with E-state index in [0.717, 1.165) is 39.1 Å². The summed E-state index contributed by atoms with van der Waals surface area (Å²) >= 11 is 0. The van der Waals surface area contributed by atoms with Gasteiger partial charge in [0.25, 0.3) is 0 Å². The molecule has 1 saturated carbocycles. The molecule has 2 amide bonds. The van der Waals surface area contributed by atoms with Crippen LogP contribution in [0.25, 0.3) is 0 Å². The van der Waals surface area contributed by atoms with E-state index in [0.29, 0.717) is 19.4 Å². The first-order chi connectivity index (χ1) is 14.9. The van der Waals surface area contributed by atoms with Gasteiger partial charge in [0.2, 0.25) is 11.8 Å². The molecule has 1 aliphatic carbocycles. The summed E-state index contributed by atoms with van der Waals surface area (Å²) in [6, 6.07) is 10.5. The second kappa shape index (κ2) is 8.19. The predicted octanol–water partition coefficient (Wildman–Crippen LogP) is 2.11. The lowest BCUT2D eigenvalue weighted by atomic mass is 9.78. The summed E-state index contributed by atoms with van der Waals surface area (Å²) in [5, 5.41) is 0. The number of amides is 2. The van der Waals surface area contributed by atoms with Crippen molar-refractivity contribution in [1.82, 2.24) is 9.80 Å². The molecule has 0 radical (unpaired) electrons. The number of para-hydroxylation sites is 1. The number of imide groups is 1. The smallest absolute Gasteiger partial charge is 0.233 e. The molecule has 4 atom stereocenters. The van der Waals surface area contributed by atoms with Crippen LogP contribution in [0.2, 0.25) is 0 Å². The molecule has 0 bridgehead atoms. The standard InChI is InChI=1S/C24H33N3O4/c1-24(2)30-20-15-18-19(16-21(20)31-24)23(29)27(22(18)28)10-6-9-25-11-13-26(14-12-25)17-7-4-3-5-8-17/h3-5,7-8,18-21H,6,9-16H2,1-2H3. The molecule has 1 aromatic carbocycles. The minimum Gasteiger partial charge on any atom is -0.369 e. The molecule has 168 valence electrons. The monoisotopic (exact) mass is 427 g/mol. The Morgan fingerprint density at radius 2 is 1.45 bits per heavy atom. The molecule has 4 unspecified atom stereocenters. The number of fused-ring (bicyclic) bond motifs is 2. The fourth-order valence-electron chi connectivity index (χ4n) is 5.73. The molecule has 5 rings (SSSR count). The average Bonchev–Trinajstić information content (AvgIpc) is 3.19. The van der Waals surface area contributed by atoms with Gasteiger partial charge < -0.3 is 14.4 Å². The number of rotatable bonds is 5. The van der Waals surface area contributed by atoms with Crippen molar-refractivity contribution in [3.05, 3.63) is 30.3 Å². The number of hydrogen-bond acceptors (Lipinski definition) is 6. The highest BCUT2D eigenvalue weighted by Gasteiger charge is 2.56. The van der Waals surface area contributed by atoms with E-state index in [2.05, 4.69) is 34.1 Å². The lowest BCUT2D eigenvalue weighted by molar-refractivity contribution is -0.149. The maximum absolute atomic E-state index is 13.0. The molecule has 0 aromatic heterocycles. The zero-order chi connectivity index (χ0) is 21.6. The van der Waals surface area contributed by atoms with Gasteiger partial charge in [0.05, 0.1) is 24.0 Å². The number of hydrogen-bond donors (Lipinski definition) is 0. The number of likely N-dealkylation sites (tertiary alicyclic amines) is 1. The van der Waals surface area contributed by atoms with Gasteiger partial charge in [-0.1, -0.05) is 18.2 Å². The van der Waals surface area contributed by atoms with Crippen LogP contribution in [0.5, 0.6) is 0 Å². The van der Waals surface area contributed by atoms with Crippen molar-refractivity contribution in [1.29, 1.82) is 0 Å². The van der Waals surface area contributed by atoms with Gasteiger partial charge in [-0.05, 0) is 51.8 Å². The number of carbonyl (C=O) groups excluding carboxylic acids is 2. The van der Waals surface area contributed by atoms with E-state index in [9.17, 15) is 9.59 Å². The molecule has 31 heavy (non-hydrogen) atoms. The summed E-state index contributed by atoms with van der Waals surface area (Å²) in [4.78, 5) is 32.3. The van der Waals surface area contributed by atoms with Gasteiger partial charge in [-0.2, -0.15) is 0 Å². The number of piperazine rings is 1. The van der Waals surface area contributed by atoms with E-state index in [1.165, 1.54) is 10.6 Å². The maximum Gasteiger partial charge on any atom is 0.233 e. The molecule has 0 spiro atoms. The van der Waals surface area contributed by atoms with Crippen LogP contribution in [-0.4, -0.2) is 78.9 Å². The molecular formula is C24H33N3O4. The Hall–Kier alpha value is -1.96. The Labute approximate surface area is 184 Å². The molecule has 7 heteroatoms. The summed E-state index contributed by atoms with van der Waals surface area (Å²) in [5.74, 6) is -1.10. The van der Waals surface area contributed by atoms with E-state index in [4.69, 9.17) is 9.47 Å². The molecule has 0 N–H and O–H groups in total. The summed E-state index contributed by atoms with van der Waals surface area (Å²) < 4.78 is 11.9. The van der Waals surface area contributed by atoms with Gasteiger partial charge in [-0.15, -0.1) is 0 Å². The van der Waals surface area contributed by atoms with Gasteiger partial charge >= 0.3 is 0 Å². The van der Waals surface area contributed by atoms with Crippen molar-refractivity contribution in [2.75, 3.05) is 44.2 Å². The largest absolute Gasteiger partial charge is 0.369 e. The van der Waals surface area contributed by atoms with E-state index in [1.807, 2.05) is 19.9 Å². The van der Waals surface area contributed by atoms with Gasteiger partial charge in [-0.25, -0.2) is 0 Å². The second-order valence-electron chi connectivity index (χ2n) is 9.74. The van der Waals surface area contributed by atoms with Gasteiger partial charge in [0.15, 0.2) is 5.79 Å². The Morgan fingerprint density at radius 3 is 2.03 bits per heavy atom. The second-order valence-corrected chi connectivity index (χ2v) is 9.74. The Kier molecular flexibility index (Phi) is 5.52. The minimum absolute atomic E-state index is 0.00402. The van der Waals surface area contributed by atoms with Crippen molar-refractivity contribution in [3.63, 3.8) is 0 Å². The van der Waals surface area contributed by atoms with E-state index in [1.54, 1.807) is 0 Å². The van der Waals surface area contributed by atoms with E-state index >= 15 is 0 Å². The van der Waals surface area contributed by atoms with Gasteiger partial charge in [-0.3, -0.25) is 19.4 Å². The van der Waals surface area contributed by atoms with Crippen LogP contribution in [0.4, 0.5) is 5.69 Å². The van der Waals surface area contributed by atoms with Crippen LogP contribution >= 0.6 is 0 Å². The third kappa shape index (κ3) is 4.11. The molecule has 3 aliphatic heterocycles. The normalized spacial score (nSPS) is 33.0. The van der Waals surface area contributed by atoms with Crippen LogP contribution in [0.3, 0.4) is 0 Å². The Bertz CT molecular complexity index is 787. The van der Waals surface area contributed by atoms with Crippen molar-refractivity contribution in [2.45, 2.75) is 51.1 Å². The van der Waals surface area contributed by atoms with Crippen LogP contribution in [0, 0.1) is 11.8 Å².